The van der Waals surface area contributed by atoms with Gasteiger partial charge >= 0.3 is 0 Å². The molecule has 2 N–H and O–H groups in total. The lowest BCUT2D eigenvalue weighted by molar-refractivity contribution is 0.0962. The SMILES string of the molecule is CN1CCCNC(N(C(=O)c2ccccc2)c2c(F)ccc(C(=O)Nc3ccc(Cl)cn3)c2F)C1. The van der Waals surface area contributed by atoms with Gasteiger partial charge in [0.1, 0.15) is 23.5 Å². The van der Waals surface area contributed by atoms with Crippen LogP contribution in [0.2, 0.25) is 5.02 Å². The Labute approximate surface area is 206 Å². The van der Waals surface area contributed by atoms with E-state index < -0.39 is 40.9 Å². The van der Waals surface area contributed by atoms with Gasteiger partial charge in [0.25, 0.3) is 11.8 Å². The fraction of sp³-hybridized carbons (Fsp3) is 0.240. The molecule has 2 aromatic carbocycles. The Balaban J connectivity index is 1.76. The van der Waals surface area contributed by atoms with Gasteiger partial charge in [0, 0.05) is 18.3 Å². The van der Waals surface area contributed by atoms with Gasteiger partial charge in [-0.05, 0) is 63.0 Å². The molecule has 0 saturated carbocycles. The van der Waals surface area contributed by atoms with Crippen molar-refractivity contribution in [2.45, 2.75) is 12.6 Å². The molecule has 1 atom stereocenters. The first-order valence-electron chi connectivity index (χ1n) is 11.1. The predicted molar refractivity (Wildman–Crippen MR) is 131 cm³/mol. The number of amides is 2. The molecule has 1 aliphatic rings. The van der Waals surface area contributed by atoms with Crippen LogP contribution in [0.4, 0.5) is 20.3 Å². The molecule has 0 aliphatic carbocycles. The summed E-state index contributed by atoms with van der Waals surface area (Å²) in [6.45, 7) is 1.65. The number of anilines is 2. The summed E-state index contributed by atoms with van der Waals surface area (Å²) in [6, 6.07) is 13.2. The molecule has 1 aliphatic heterocycles. The molecule has 10 heteroatoms. The minimum Gasteiger partial charge on any atom is -0.306 e. The topological polar surface area (TPSA) is 77.6 Å². The number of pyridine rings is 1. The minimum atomic E-state index is -1.14. The van der Waals surface area contributed by atoms with Crippen LogP contribution in [0.5, 0.6) is 0 Å². The van der Waals surface area contributed by atoms with Crippen LogP contribution >= 0.6 is 11.6 Å². The molecule has 4 rings (SSSR count). The predicted octanol–water partition coefficient (Wildman–Crippen LogP) is 4.16. The van der Waals surface area contributed by atoms with Crippen LogP contribution in [-0.4, -0.2) is 54.5 Å². The Morgan fingerprint density at radius 3 is 2.63 bits per heavy atom. The zero-order valence-electron chi connectivity index (χ0n) is 19.0. The van der Waals surface area contributed by atoms with Gasteiger partial charge in [-0.2, -0.15) is 0 Å². The molecule has 0 spiro atoms. The van der Waals surface area contributed by atoms with Crippen LogP contribution in [-0.2, 0) is 0 Å². The fourth-order valence-corrected chi connectivity index (χ4v) is 4.04. The van der Waals surface area contributed by atoms with Crippen molar-refractivity contribution in [2.24, 2.45) is 0 Å². The van der Waals surface area contributed by atoms with Crippen molar-refractivity contribution < 1.29 is 18.4 Å². The third-order valence-corrected chi connectivity index (χ3v) is 5.88. The van der Waals surface area contributed by atoms with E-state index in [0.717, 1.165) is 30.0 Å². The number of benzene rings is 2. The van der Waals surface area contributed by atoms with Gasteiger partial charge in [-0.3, -0.25) is 19.8 Å². The lowest BCUT2D eigenvalue weighted by atomic mass is 10.1. The van der Waals surface area contributed by atoms with Crippen LogP contribution < -0.4 is 15.5 Å². The highest BCUT2D eigenvalue weighted by Crippen LogP contribution is 2.30. The first kappa shape index (κ1) is 24.7. The highest BCUT2D eigenvalue weighted by Gasteiger charge is 2.34. The van der Waals surface area contributed by atoms with Gasteiger partial charge in [0.15, 0.2) is 5.82 Å². The Morgan fingerprint density at radius 1 is 1.14 bits per heavy atom. The number of halogens is 3. The zero-order valence-corrected chi connectivity index (χ0v) is 19.7. The first-order chi connectivity index (χ1) is 16.8. The molecular weight excluding hydrogens is 476 g/mol. The molecule has 0 bridgehead atoms. The van der Waals surface area contributed by atoms with Crippen LogP contribution in [0.1, 0.15) is 27.1 Å². The van der Waals surface area contributed by atoms with Gasteiger partial charge in [-0.25, -0.2) is 13.8 Å². The van der Waals surface area contributed by atoms with Crippen molar-refractivity contribution in [2.75, 3.05) is 36.9 Å². The summed E-state index contributed by atoms with van der Waals surface area (Å²) in [5.74, 6) is -3.38. The molecule has 1 aromatic heterocycles. The molecule has 7 nitrogen and oxygen atoms in total. The van der Waals surface area contributed by atoms with E-state index >= 15 is 8.78 Å². The van der Waals surface area contributed by atoms with E-state index in [1.165, 1.54) is 18.3 Å². The molecule has 1 unspecified atom stereocenters. The van der Waals surface area contributed by atoms with Crippen molar-refractivity contribution in [1.29, 1.82) is 0 Å². The fourth-order valence-electron chi connectivity index (χ4n) is 3.93. The van der Waals surface area contributed by atoms with Gasteiger partial charge in [-0.15, -0.1) is 0 Å². The quantitative estimate of drug-likeness (QED) is 0.551. The lowest BCUT2D eigenvalue weighted by Crippen LogP contribution is -2.53. The Morgan fingerprint density at radius 2 is 1.91 bits per heavy atom. The average Bonchev–Trinajstić information content (AvgIpc) is 3.07. The normalized spacial score (nSPS) is 16.4. The molecule has 182 valence electrons. The number of nitrogens with one attached hydrogen (secondary N) is 2. The van der Waals surface area contributed by atoms with Gasteiger partial charge in [0.05, 0.1) is 10.6 Å². The van der Waals surface area contributed by atoms with Crippen molar-refractivity contribution in [1.82, 2.24) is 15.2 Å². The highest BCUT2D eigenvalue weighted by molar-refractivity contribution is 6.30. The zero-order chi connectivity index (χ0) is 24.9. The van der Waals surface area contributed by atoms with E-state index in [2.05, 4.69) is 15.6 Å². The third-order valence-electron chi connectivity index (χ3n) is 5.65. The van der Waals surface area contributed by atoms with E-state index in [-0.39, 0.29) is 11.4 Å². The average molecular weight is 500 g/mol. The summed E-state index contributed by atoms with van der Waals surface area (Å²) in [6.07, 6.45) is 1.41. The molecule has 3 aromatic rings. The van der Waals surface area contributed by atoms with E-state index in [1.54, 1.807) is 30.3 Å². The Bertz CT molecular complexity index is 1210. The van der Waals surface area contributed by atoms with Crippen molar-refractivity contribution in [3.63, 3.8) is 0 Å². The number of nitrogens with zero attached hydrogens (tertiary/aromatic N) is 3. The van der Waals surface area contributed by atoms with Gasteiger partial charge in [0.2, 0.25) is 0 Å². The van der Waals surface area contributed by atoms with Gasteiger partial charge in [-0.1, -0.05) is 29.8 Å². The maximum atomic E-state index is 15.9. The molecule has 1 fully saturated rings. The largest absolute Gasteiger partial charge is 0.306 e. The number of aromatic nitrogens is 1. The number of rotatable bonds is 5. The standard InChI is InChI=1S/C25H24ClF2N5O2/c1-32-13-5-12-29-21(15-32)33(25(35)16-6-3-2-4-7-16)23-19(27)10-9-18(22(23)28)24(34)31-20-11-8-17(26)14-30-20/h2-4,6-11,14,21,29H,5,12-13,15H2,1H3,(H,30,31,34). The highest BCUT2D eigenvalue weighted by atomic mass is 35.5. The number of hydrogen-bond donors (Lipinski definition) is 2. The number of carbonyl (C=O) groups excluding carboxylic acids is 2. The van der Waals surface area contributed by atoms with Crippen LogP contribution in [0.25, 0.3) is 0 Å². The van der Waals surface area contributed by atoms with Crippen molar-refractivity contribution in [3.8, 4) is 0 Å². The van der Waals surface area contributed by atoms with Crippen LogP contribution in [0, 0.1) is 11.6 Å². The number of likely N-dealkylation sites (N-methyl/N-ethyl adjacent to an activating group) is 1. The second-order valence-electron chi connectivity index (χ2n) is 8.20. The summed E-state index contributed by atoms with van der Waals surface area (Å²) < 4.78 is 31.1. The summed E-state index contributed by atoms with van der Waals surface area (Å²) in [5, 5.41) is 6.06. The Kier molecular flexibility index (Phi) is 7.70. The molecule has 1 saturated heterocycles. The molecule has 2 amide bonds. The Hall–Kier alpha value is -3.40. The first-order valence-corrected chi connectivity index (χ1v) is 11.4. The second kappa shape index (κ2) is 10.9. The van der Waals surface area contributed by atoms with E-state index in [4.69, 9.17) is 11.6 Å². The second-order valence-corrected chi connectivity index (χ2v) is 8.64. The van der Waals surface area contributed by atoms with Crippen molar-refractivity contribution >= 4 is 34.9 Å². The summed E-state index contributed by atoms with van der Waals surface area (Å²) >= 11 is 5.82. The maximum absolute atomic E-state index is 15.9. The summed E-state index contributed by atoms with van der Waals surface area (Å²) in [7, 11) is 1.88. The molecular formula is C25H24ClF2N5O2. The van der Waals surface area contributed by atoms with E-state index in [1.807, 2.05) is 11.9 Å². The molecule has 0 radical (unpaired) electrons. The van der Waals surface area contributed by atoms with E-state index in [9.17, 15) is 9.59 Å². The van der Waals surface area contributed by atoms with Crippen molar-refractivity contribution in [3.05, 3.63) is 88.6 Å². The molecule has 35 heavy (non-hydrogen) atoms. The smallest absolute Gasteiger partial charge is 0.259 e. The number of hydrogen-bond acceptors (Lipinski definition) is 5. The number of carbonyl (C=O) groups is 2. The third kappa shape index (κ3) is 5.64. The van der Waals surface area contributed by atoms with Crippen LogP contribution in [0.15, 0.2) is 60.8 Å². The summed E-state index contributed by atoms with van der Waals surface area (Å²) in [5.41, 5.74) is -0.755. The summed E-state index contributed by atoms with van der Waals surface area (Å²) in [4.78, 5) is 33.5. The lowest BCUT2D eigenvalue weighted by Gasteiger charge is -2.34. The monoisotopic (exact) mass is 499 g/mol. The van der Waals surface area contributed by atoms with E-state index in [0.29, 0.717) is 18.1 Å². The maximum Gasteiger partial charge on any atom is 0.259 e. The van der Waals surface area contributed by atoms with Crippen LogP contribution in [0.3, 0.4) is 0 Å². The molecule has 2 heterocycles. The van der Waals surface area contributed by atoms with Gasteiger partial charge < -0.3 is 10.2 Å². The minimum absolute atomic E-state index is 0.147.